The molecule has 4 heterocycles. The molecule has 2 aromatic carbocycles. The number of hydrogen-bond donors (Lipinski definition) is 0. The van der Waals surface area contributed by atoms with Gasteiger partial charge in [0, 0.05) is 31.1 Å². The molecule has 0 aromatic heterocycles. The van der Waals surface area contributed by atoms with E-state index < -0.39 is 11.6 Å². The normalized spacial score (nSPS) is 31.5. The molecule has 144 valence electrons. The Morgan fingerprint density at radius 3 is 2.57 bits per heavy atom. The van der Waals surface area contributed by atoms with Crippen LogP contribution in [-0.2, 0) is 6.54 Å². The molecule has 4 aliphatic rings. The lowest BCUT2D eigenvalue weighted by molar-refractivity contribution is -0.00889. The summed E-state index contributed by atoms with van der Waals surface area (Å²) in [5.74, 6) is -0.921. The average Bonchev–Trinajstić information content (AvgIpc) is 3.13. The van der Waals surface area contributed by atoms with Crippen molar-refractivity contribution >= 4 is 0 Å². The molecule has 5 heteroatoms. The van der Waals surface area contributed by atoms with Crippen molar-refractivity contribution in [3.63, 3.8) is 0 Å². The van der Waals surface area contributed by atoms with Crippen molar-refractivity contribution in [3.05, 3.63) is 70.8 Å². The number of hydrogen-bond acceptors (Lipinski definition) is 3. The van der Waals surface area contributed by atoms with Crippen molar-refractivity contribution in [2.45, 2.75) is 37.4 Å². The largest absolute Gasteiger partial charge is 0.298 e. The molecule has 3 nitrogen and oxygen atoms in total. The highest BCUT2D eigenvalue weighted by molar-refractivity contribution is 5.38. The van der Waals surface area contributed by atoms with Crippen molar-refractivity contribution < 1.29 is 8.78 Å². The Balaban J connectivity index is 1.52. The predicted molar refractivity (Wildman–Crippen MR) is 103 cm³/mol. The summed E-state index contributed by atoms with van der Waals surface area (Å²) in [7, 11) is 0. The Hall–Kier alpha value is -2.29. The van der Waals surface area contributed by atoms with Crippen molar-refractivity contribution in [1.82, 2.24) is 9.80 Å². The fourth-order valence-corrected chi connectivity index (χ4v) is 5.79. The Kier molecular flexibility index (Phi) is 4.41. The number of benzene rings is 2. The third kappa shape index (κ3) is 2.75. The van der Waals surface area contributed by atoms with Gasteiger partial charge in [0.15, 0.2) is 11.6 Å². The molecule has 2 aromatic rings. The number of likely N-dealkylation sites (tertiary alicyclic amines) is 1. The number of nitriles is 1. The van der Waals surface area contributed by atoms with E-state index in [1.54, 1.807) is 12.1 Å². The molecule has 0 amide bonds. The first-order chi connectivity index (χ1) is 13.7. The summed E-state index contributed by atoms with van der Waals surface area (Å²) in [6.07, 6.45) is 2.33. The second-order valence-corrected chi connectivity index (χ2v) is 8.30. The standard InChI is InChI=1S/C23H23F2N3/c24-20-7-3-6-18(21(20)25)19-14-28(13-17-5-2-1-4-16(17)12-26)22-15-8-10-27(11-9-15)23(19)22/h1-7,15,19,22-23H,8-11,13-14H2/t19-,22+,23+/m1/s1. The van der Waals surface area contributed by atoms with E-state index in [0.29, 0.717) is 36.2 Å². The van der Waals surface area contributed by atoms with Crippen molar-refractivity contribution in [2.24, 2.45) is 5.92 Å². The van der Waals surface area contributed by atoms with Crippen LogP contribution >= 0.6 is 0 Å². The molecule has 0 unspecified atom stereocenters. The minimum atomic E-state index is -0.765. The zero-order valence-corrected chi connectivity index (χ0v) is 15.7. The summed E-state index contributed by atoms with van der Waals surface area (Å²) in [6.45, 7) is 3.47. The molecular weight excluding hydrogens is 356 g/mol. The smallest absolute Gasteiger partial charge is 0.162 e. The maximum absolute atomic E-state index is 14.7. The van der Waals surface area contributed by atoms with E-state index in [1.807, 2.05) is 24.3 Å². The van der Waals surface area contributed by atoms with Gasteiger partial charge in [-0.2, -0.15) is 5.26 Å². The van der Waals surface area contributed by atoms with Gasteiger partial charge in [0.2, 0.25) is 0 Å². The maximum Gasteiger partial charge on any atom is 0.162 e. The van der Waals surface area contributed by atoms with Crippen LogP contribution in [0.4, 0.5) is 8.78 Å². The van der Waals surface area contributed by atoms with Crippen LogP contribution in [0.25, 0.3) is 0 Å². The second kappa shape index (κ2) is 6.95. The summed E-state index contributed by atoms with van der Waals surface area (Å²) in [5, 5.41) is 9.46. The predicted octanol–water partition coefficient (Wildman–Crippen LogP) is 3.90. The molecule has 4 aliphatic heterocycles. The van der Waals surface area contributed by atoms with Gasteiger partial charge in [-0.25, -0.2) is 8.78 Å². The molecule has 4 fully saturated rings. The highest BCUT2D eigenvalue weighted by Gasteiger charge is 2.53. The van der Waals surface area contributed by atoms with Gasteiger partial charge in [-0.1, -0.05) is 30.3 Å². The first-order valence-electron chi connectivity index (χ1n) is 10.1. The third-order valence-electron chi connectivity index (χ3n) is 6.99. The van der Waals surface area contributed by atoms with Crippen LogP contribution in [0.1, 0.15) is 35.4 Å². The second-order valence-electron chi connectivity index (χ2n) is 8.30. The van der Waals surface area contributed by atoms with Gasteiger partial charge in [0.05, 0.1) is 11.6 Å². The first-order valence-corrected chi connectivity index (χ1v) is 10.1. The summed E-state index contributed by atoms with van der Waals surface area (Å²) in [6, 6.07) is 15.1. The number of nitrogens with zero attached hydrogens (tertiary/aromatic N) is 3. The lowest BCUT2D eigenvalue weighted by atomic mass is 9.75. The zero-order chi connectivity index (χ0) is 19.3. The zero-order valence-electron chi connectivity index (χ0n) is 15.7. The van der Waals surface area contributed by atoms with Crippen LogP contribution in [0.3, 0.4) is 0 Å². The van der Waals surface area contributed by atoms with Gasteiger partial charge in [0.1, 0.15) is 0 Å². The molecule has 0 saturated carbocycles. The van der Waals surface area contributed by atoms with Crippen LogP contribution < -0.4 is 0 Å². The molecule has 28 heavy (non-hydrogen) atoms. The van der Waals surface area contributed by atoms with Crippen LogP contribution in [0.2, 0.25) is 0 Å². The lowest BCUT2D eigenvalue weighted by Gasteiger charge is -2.51. The van der Waals surface area contributed by atoms with Crippen molar-refractivity contribution in [2.75, 3.05) is 19.6 Å². The van der Waals surface area contributed by atoms with E-state index in [1.165, 1.54) is 6.07 Å². The minimum Gasteiger partial charge on any atom is -0.298 e. The molecule has 0 spiro atoms. The molecule has 3 atom stereocenters. The summed E-state index contributed by atoms with van der Waals surface area (Å²) in [4.78, 5) is 4.90. The summed E-state index contributed by atoms with van der Waals surface area (Å²) >= 11 is 0. The van der Waals surface area contributed by atoms with Gasteiger partial charge < -0.3 is 0 Å². The summed E-state index contributed by atoms with van der Waals surface area (Å²) in [5.41, 5.74) is 2.21. The van der Waals surface area contributed by atoms with E-state index in [4.69, 9.17) is 0 Å². The van der Waals surface area contributed by atoms with E-state index in [9.17, 15) is 14.0 Å². The van der Waals surface area contributed by atoms with Gasteiger partial charge in [0.25, 0.3) is 0 Å². The topological polar surface area (TPSA) is 30.3 Å². The summed E-state index contributed by atoms with van der Waals surface area (Å²) < 4.78 is 28.6. The van der Waals surface area contributed by atoms with Crippen LogP contribution in [-0.4, -0.2) is 41.5 Å². The number of rotatable bonds is 3. The van der Waals surface area contributed by atoms with Gasteiger partial charge in [-0.15, -0.1) is 0 Å². The third-order valence-corrected chi connectivity index (χ3v) is 6.99. The fourth-order valence-electron chi connectivity index (χ4n) is 5.79. The Labute approximate surface area is 164 Å². The molecule has 0 radical (unpaired) electrons. The highest BCUT2D eigenvalue weighted by atomic mass is 19.2. The average molecular weight is 379 g/mol. The number of halogens is 2. The highest BCUT2D eigenvalue weighted by Crippen LogP contribution is 2.47. The van der Waals surface area contributed by atoms with E-state index in [0.717, 1.165) is 31.5 Å². The molecule has 0 aliphatic carbocycles. The van der Waals surface area contributed by atoms with E-state index in [-0.39, 0.29) is 12.0 Å². The quantitative estimate of drug-likeness (QED) is 0.810. The fraction of sp³-hybridized carbons (Fsp3) is 0.435. The van der Waals surface area contributed by atoms with Crippen LogP contribution in [0, 0.1) is 28.9 Å². The molecule has 2 bridgehead atoms. The maximum atomic E-state index is 14.7. The number of piperidine rings is 3. The molecular formula is C23H23F2N3. The Bertz CT molecular complexity index is 930. The van der Waals surface area contributed by atoms with Gasteiger partial charge >= 0.3 is 0 Å². The Morgan fingerprint density at radius 2 is 1.79 bits per heavy atom. The first kappa shape index (κ1) is 17.8. The SMILES string of the molecule is N#Cc1ccccc1CN1C[C@H](c2cccc(F)c2F)[C@H]2[C@@H]1C1CCN2CC1. The van der Waals surface area contributed by atoms with Crippen molar-refractivity contribution in [1.29, 1.82) is 5.26 Å². The van der Waals surface area contributed by atoms with Crippen LogP contribution in [0.15, 0.2) is 42.5 Å². The molecule has 0 N–H and O–H groups in total. The van der Waals surface area contributed by atoms with Gasteiger partial charge in [-0.05, 0) is 55.1 Å². The molecule has 4 saturated heterocycles. The van der Waals surface area contributed by atoms with Crippen LogP contribution in [0.5, 0.6) is 0 Å². The lowest BCUT2D eigenvalue weighted by Crippen LogP contribution is -2.60. The van der Waals surface area contributed by atoms with Crippen molar-refractivity contribution in [3.8, 4) is 6.07 Å². The molecule has 6 rings (SSSR count). The van der Waals surface area contributed by atoms with Gasteiger partial charge in [-0.3, -0.25) is 9.80 Å². The van der Waals surface area contributed by atoms with E-state index >= 15 is 0 Å². The number of fused-ring (bicyclic) bond motifs is 2. The monoisotopic (exact) mass is 379 g/mol. The van der Waals surface area contributed by atoms with E-state index in [2.05, 4.69) is 15.9 Å². The minimum absolute atomic E-state index is 0.0435. The Morgan fingerprint density at radius 1 is 1.00 bits per heavy atom.